The molecular weight excluding hydrogens is 268 g/mol. The lowest BCUT2D eigenvalue weighted by atomic mass is 9.92. The van der Waals surface area contributed by atoms with Gasteiger partial charge in [-0.1, -0.05) is 38.1 Å². The summed E-state index contributed by atoms with van der Waals surface area (Å²) in [5.74, 6) is 0.404. The first-order valence-corrected chi connectivity index (χ1v) is 7.95. The Morgan fingerprint density at radius 1 is 1.05 bits per heavy atom. The van der Waals surface area contributed by atoms with E-state index in [2.05, 4.69) is 58.9 Å². The fraction of sp³-hybridized carbons (Fsp3) is 0.350. The summed E-state index contributed by atoms with van der Waals surface area (Å²) in [7, 11) is 0. The first-order valence-electron chi connectivity index (χ1n) is 7.95. The van der Waals surface area contributed by atoms with Crippen molar-refractivity contribution in [2.75, 3.05) is 5.73 Å². The molecule has 0 bridgehead atoms. The second-order valence-corrected chi connectivity index (χ2v) is 6.12. The van der Waals surface area contributed by atoms with E-state index in [0.29, 0.717) is 5.92 Å². The van der Waals surface area contributed by atoms with Crippen molar-refractivity contribution in [3.05, 3.63) is 58.7 Å². The van der Waals surface area contributed by atoms with Gasteiger partial charge in [0.1, 0.15) is 0 Å². The Labute approximate surface area is 134 Å². The van der Waals surface area contributed by atoms with Gasteiger partial charge in [-0.15, -0.1) is 0 Å². The molecule has 0 aliphatic rings. The molecule has 0 heterocycles. The number of nitrogen functional groups attached to an aromatic ring is 1. The number of benzene rings is 2. The zero-order valence-corrected chi connectivity index (χ0v) is 14.3. The van der Waals surface area contributed by atoms with Gasteiger partial charge >= 0.3 is 0 Å². The average Bonchev–Trinajstić information content (AvgIpc) is 2.47. The summed E-state index contributed by atoms with van der Waals surface area (Å²) in [6, 6.07) is 12.4. The topological polar surface area (TPSA) is 38.4 Å². The summed E-state index contributed by atoms with van der Waals surface area (Å²) < 4.78 is 0. The Bertz CT molecular complexity index is 679. The fourth-order valence-corrected chi connectivity index (χ4v) is 2.71. The van der Waals surface area contributed by atoms with Gasteiger partial charge in [-0.2, -0.15) is 0 Å². The van der Waals surface area contributed by atoms with Gasteiger partial charge < -0.3 is 5.73 Å². The zero-order chi connectivity index (χ0) is 16.3. The standard InChI is InChI=1S/C20H26N2/c1-6-13(2)20(18-11-10-17(21)12-16(18)5)22-19-14(3)8-7-9-15(19)4/h7-13H,6,21H2,1-5H3/b22-20+. The van der Waals surface area contributed by atoms with Crippen LogP contribution in [0.3, 0.4) is 0 Å². The Morgan fingerprint density at radius 2 is 1.68 bits per heavy atom. The van der Waals surface area contributed by atoms with E-state index >= 15 is 0 Å². The first kappa shape index (κ1) is 16.3. The van der Waals surface area contributed by atoms with Gasteiger partial charge in [0.2, 0.25) is 0 Å². The van der Waals surface area contributed by atoms with Crippen LogP contribution in [-0.2, 0) is 0 Å². The summed E-state index contributed by atoms with van der Waals surface area (Å²) in [6.07, 6.45) is 1.06. The number of nitrogens with zero attached hydrogens (tertiary/aromatic N) is 1. The number of aliphatic imine (C=N–C) groups is 1. The summed E-state index contributed by atoms with van der Waals surface area (Å²) in [5.41, 5.74) is 13.8. The highest BCUT2D eigenvalue weighted by Crippen LogP contribution is 2.27. The molecule has 22 heavy (non-hydrogen) atoms. The highest BCUT2D eigenvalue weighted by atomic mass is 14.8. The molecule has 0 amide bonds. The highest BCUT2D eigenvalue weighted by Gasteiger charge is 2.15. The number of para-hydroxylation sites is 1. The molecule has 116 valence electrons. The lowest BCUT2D eigenvalue weighted by Crippen LogP contribution is -2.13. The smallest absolute Gasteiger partial charge is 0.0691 e. The van der Waals surface area contributed by atoms with Crippen LogP contribution < -0.4 is 5.73 Å². The Kier molecular flexibility index (Phi) is 5.02. The van der Waals surface area contributed by atoms with Crippen LogP contribution in [0.1, 0.15) is 42.5 Å². The Hall–Kier alpha value is -2.09. The molecule has 0 aromatic heterocycles. The summed E-state index contributed by atoms with van der Waals surface area (Å²) in [5, 5.41) is 0. The molecule has 0 aliphatic carbocycles. The van der Waals surface area contributed by atoms with Crippen molar-refractivity contribution in [3.8, 4) is 0 Å². The first-order chi connectivity index (χ1) is 10.4. The lowest BCUT2D eigenvalue weighted by molar-refractivity contribution is 0.739. The second kappa shape index (κ2) is 6.78. The van der Waals surface area contributed by atoms with E-state index in [9.17, 15) is 0 Å². The molecule has 0 fully saturated rings. The molecule has 2 N–H and O–H groups in total. The van der Waals surface area contributed by atoms with Crippen LogP contribution in [0.5, 0.6) is 0 Å². The molecule has 0 radical (unpaired) electrons. The van der Waals surface area contributed by atoms with Crippen LogP contribution in [0, 0.1) is 26.7 Å². The van der Waals surface area contributed by atoms with Crippen molar-refractivity contribution in [2.24, 2.45) is 10.9 Å². The van der Waals surface area contributed by atoms with E-state index in [-0.39, 0.29) is 0 Å². The number of anilines is 1. The molecule has 2 rings (SSSR count). The molecule has 1 atom stereocenters. The number of aryl methyl sites for hydroxylation is 3. The largest absolute Gasteiger partial charge is 0.399 e. The maximum absolute atomic E-state index is 5.90. The van der Waals surface area contributed by atoms with Crippen LogP contribution in [-0.4, -0.2) is 5.71 Å². The monoisotopic (exact) mass is 294 g/mol. The minimum Gasteiger partial charge on any atom is -0.399 e. The van der Waals surface area contributed by atoms with Gasteiger partial charge in [-0.25, -0.2) is 0 Å². The maximum atomic E-state index is 5.90. The molecule has 2 nitrogen and oxygen atoms in total. The Balaban J connectivity index is 2.63. The number of hydrogen-bond donors (Lipinski definition) is 1. The van der Waals surface area contributed by atoms with Crippen molar-refractivity contribution in [1.82, 2.24) is 0 Å². The van der Waals surface area contributed by atoms with Crippen LogP contribution in [0.4, 0.5) is 11.4 Å². The molecule has 2 aromatic rings. The number of rotatable bonds is 4. The third-order valence-corrected chi connectivity index (χ3v) is 4.28. The molecular formula is C20H26N2. The fourth-order valence-electron chi connectivity index (χ4n) is 2.71. The Morgan fingerprint density at radius 3 is 2.23 bits per heavy atom. The van der Waals surface area contributed by atoms with Gasteiger partial charge in [-0.05, 0) is 67.5 Å². The summed E-state index contributed by atoms with van der Waals surface area (Å²) in [6.45, 7) is 10.8. The SMILES string of the molecule is CCC(C)/C(=N\c1c(C)cccc1C)c1ccc(N)cc1C. The van der Waals surface area contributed by atoms with Crippen molar-refractivity contribution in [1.29, 1.82) is 0 Å². The van der Waals surface area contributed by atoms with Gasteiger partial charge in [0, 0.05) is 5.69 Å². The molecule has 2 heteroatoms. The third-order valence-electron chi connectivity index (χ3n) is 4.28. The van der Waals surface area contributed by atoms with Crippen molar-refractivity contribution in [3.63, 3.8) is 0 Å². The van der Waals surface area contributed by atoms with E-state index in [1.54, 1.807) is 0 Å². The van der Waals surface area contributed by atoms with Crippen LogP contribution in [0.15, 0.2) is 41.4 Å². The van der Waals surface area contributed by atoms with Gasteiger partial charge in [0.25, 0.3) is 0 Å². The van der Waals surface area contributed by atoms with Crippen LogP contribution >= 0.6 is 0 Å². The van der Waals surface area contributed by atoms with E-state index in [0.717, 1.165) is 23.5 Å². The summed E-state index contributed by atoms with van der Waals surface area (Å²) >= 11 is 0. The normalized spacial score (nSPS) is 13.2. The molecule has 2 aromatic carbocycles. The van der Waals surface area contributed by atoms with Gasteiger partial charge in [0.05, 0.1) is 11.4 Å². The van der Waals surface area contributed by atoms with Gasteiger partial charge in [-0.3, -0.25) is 4.99 Å². The zero-order valence-electron chi connectivity index (χ0n) is 14.3. The quantitative estimate of drug-likeness (QED) is 0.598. The van der Waals surface area contributed by atoms with E-state index in [1.165, 1.54) is 22.3 Å². The van der Waals surface area contributed by atoms with Crippen molar-refractivity contribution < 1.29 is 0 Å². The molecule has 1 unspecified atom stereocenters. The van der Waals surface area contributed by atoms with E-state index in [1.807, 2.05) is 12.1 Å². The number of hydrogen-bond acceptors (Lipinski definition) is 2. The predicted octanol–water partition coefficient (Wildman–Crippen LogP) is 5.36. The molecule has 0 saturated heterocycles. The molecule has 0 aliphatic heterocycles. The van der Waals surface area contributed by atoms with E-state index in [4.69, 9.17) is 10.7 Å². The predicted molar refractivity (Wildman–Crippen MR) is 97.2 cm³/mol. The molecule has 0 spiro atoms. The highest BCUT2D eigenvalue weighted by molar-refractivity contribution is 6.05. The second-order valence-electron chi connectivity index (χ2n) is 6.12. The minimum atomic E-state index is 0.404. The van der Waals surface area contributed by atoms with Crippen molar-refractivity contribution >= 4 is 17.1 Å². The third kappa shape index (κ3) is 3.38. The number of nitrogens with two attached hydrogens (primary N) is 1. The molecule has 0 saturated carbocycles. The minimum absolute atomic E-state index is 0.404. The van der Waals surface area contributed by atoms with Crippen LogP contribution in [0.25, 0.3) is 0 Å². The summed E-state index contributed by atoms with van der Waals surface area (Å²) in [4.78, 5) is 5.07. The average molecular weight is 294 g/mol. The lowest BCUT2D eigenvalue weighted by Gasteiger charge is -2.17. The van der Waals surface area contributed by atoms with Crippen molar-refractivity contribution in [2.45, 2.75) is 41.0 Å². The van der Waals surface area contributed by atoms with Gasteiger partial charge in [0.15, 0.2) is 0 Å². The van der Waals surface area contributed by atoms with E-state index < -0.39 is 0 Å². The maximum Gasteiger partial charge on any atom is 0.0691 e. The van der Waals surface area contributed by atoms with Crippen LogP contribution in [0.2, 0.25) is 0 Å².